The zero-order chi connectivity index (χ0) is 17.0. The van der Waals surface area contributed by atoms with Crippen LogP contribution >= 0.6 is 11.3 Å². The van der Waals surface area contributed by atoms with Crippen molar-refractivity contribution in [2.45, 2.75) is 63.6 Å². The molecule has 0 bridgehead atoms. The number of aromatic amines is 1. The van der Waals surface area contributed by atoms with Crippen LogP contribution in [0.2, 0.25) is 0 Å². The average molecular weight is 358 g/mol. The summed E-state index contributed by atoms with van der Waals surface area (Å²) in [6.45, 7) is 1.42. The number of hydrogen-bond donors (Lipinski definition) is 2. The molecule has 2 fully saturated rings. The molecule has 1 saturated carbocycles. The molecule has 1 saturated heterocycles. The Hall–Kier alpha value is -1.73. The lowest BCUT2D eigenvalue weighted by Gasteiger charge is -2.23. The van der Waals surface area contributed by atoms with Crippen molar-refractivity contribution in [1.82, 2.24) is 20.2 Å². The summed E-state index contributed by atoms with van der Waals surface area (Å²) in [5.41, 5.74) is 1.20. The summed E-state index contributed by atoms with van der Waals surface area (Å²) >= 11 is 1.67. The Labute approximate surface area is 149 Å². The largest absolute Gasteiger partial charge is 0.352 e. The fourth-order valence-electron chi connectivity index (χ4n) is 4.15. The van der Waals surface area contributed by atoms with Gasteiger partial charge in [0.25, 0.3) is 5.56 Å². The SMILES string of the molecule is O=C(NC1CC1)[C@H]1CCCN1Cc1nc2sc3c(c2c(=O)[nH]1)CCC3. The van der Waals surface area contributed by atoms with E-state index in [0.717, 1.165) is 61.7 Å². The van der Waals surface area contributed by atoms with Crippen molar-refractivity contribution in [3.05, 3.63) is 26.6 Å². The monoisotopic (exact) mass is 358 g/mol. The predicted octanol–water partition coefficient (Wildman–Crippen LogP) is 1.72. The highest BCUT2D eigenvalue weighted by atomic mass is 32.1. The predicted molar refractivity (Wildman–Crippen MR) is 96.9 cm³/mol. The summed E-state index contributed by atoms with van der Waals surface area (Å²) in [4.78, 5) is 37.0. The maximum atomic E-state index is 12.6. The third-order valence-corrected chi connectivity index (χ3v) is 6.75. The number of nitrogens with zero attached hydrogens (tertiary/aromatic N) is 2. The van der Waals surface area contributed by atoms with E-state index in [1.165, 1.54) is 10.4 Å². The molecular formula is C18H22N4O2S. The van der Waals surface area contributed by atoms with E-state index in [0.29, 0.717) is 18.4 Å². The molecule has 0 unspecified atom stereocenters. The van der Waals surface area contributed by atoms with Crippen LogP contribution in [0.1, 0.15) is 48.4 Å². The fourth-order valence-corrected chi connectivity index (χ4v) is 5.43. The Morgan fingerprint density at radius 2 is 2.16 bits per heavy atom. The smallest absolute Gasteiger partial charge is 0.259 e. The van der Waals surface area contributed by atoms with Crippen LogP contribution in [0.4, 0.5) is 0 Å². The molecule has 0 aromatic carbocycles. The van der Waals surface area contributed by atoms with Gasteiger partial charge in [-0.05, 0) is 57.1 Å². The first-order chi connectivity index (χ1) is 12.2. The normalized spacial score (nSPS) is 23.3. The number of H-pyrrole nitrogens is 1. The van der Waals surface area contributed by atoms with E-state index in [1.54, 1.807) is 11.3 Å². The Balaban J connectivity index is 1.39. The van der Waals surface area contributed by atoms with Crippen LogP contribution < -0.4 is 10.9 Å². The number of aromatic nitrogens is 2. The molecule has 1 atom stereocenters. The highest BCUT2D eigenvalue weighted by Gasteiger charge is 2.34. The first-order valence-corrected chi connectivity index (χ1v) is 10.1. The molecule has 25 heavy (non-hydrogen) atoms. The van der Waals surface area contributed by atoms with Crippen molar-refractivity contribution < 1.29 is 4.79 Å². The van der Waals surface area contributed by atoms with Gasteiger partial charge in [0, 0.05) is 10.9 Å². The van der Waals surface area contributed by atoms with Crippen LogP contribution in [0.25, 0.3) is 10.2 Å². The van der Waals surface area contributed by atoms with E-state index in [1.807, 2.05) is 0 Å². The number of carbonyl (C=O) groups is 1. The standard InChI is InChI=1S/C18H22N4O2S/c23-16(19-10-6-7-10)12-4-2-8-22(12)9-14-20-17(24)15-11-3-1-5-13(11)25-18(15)21-14/h10,12H,1-9H2,(H,19,23)(H,20,21,24)/t12-/m1/s1. The number of carbonyl (C=O) groups excluding carboxylic acids is 1. The number of thiophene rings is 1. The zero-order valence-electron chi connectivity index (χ0n) is 14.1. The third kappa shape index (κ3) is 2.79. The average Bonchev–Trinajstić information content (AvgIpc) is 2.97. The van der Waals surface area contributed by atoms with Gasteiger partial charge >= 0.3 is 0 Å². The minimum atomic E-state index is -0.0880. The van der Waals surface area contributed by atoms with Crippen LogP contribution in [-0.4, -0.2) is 39.4 Å². The van der Waals surface area contributed by atoms with E-state index in [-0.39, 0.29) is 17.5 Å². The first kappa shape index (κ1) is 15.5. The maximum Gasteiger partial charge on any atom is 0.259 e. The van der Waals surface area contributed by atoms with Crippen molar-refractivity contribution in [2.75, 3.05) is 6.54 Å². The molecule has 1 aliphatic heterocycles. The van der Waals surface area contributed by atoms with Gasteiger partial charge in [-0.25, -0.2) is 4.98 Å². The van der Waals surface area contributed by atoms with Crippen molar-refractivity contribution in [1.29, 1.82) is 0 Å². The molecule has 2 aromatic rings. The highest BCUT2D eigenvalue weighted by Crippen LogP contribution is 2.34. The number of likely N-dealkylation sites (tertiary alicyclic amines) is 1. The molecule has 3 heterocycles. The van der Waals surface area contributed by atoms with Crippen molar-refractivity contribution in [3.8, 4) is 0 Å². The van der Waals surface area contributed by atoms with Gasteiger partial charge in [-0.15, -0.1) is 11.3 Å². The third-order valence-electron chi connectivity index (χ3n) is 5.57. The van der Waals surface area contributed by atoms with Crippen LogP contribution in [0.15, 0.2) is 4.79 Å². The second-order valence-corrected chi connectivity index (χ2v) is 8.55. The molecule has 3 aliphatic rings. The number of amides is 1. The van der Waals surface area contributed by atoms with Crippen LogP contribution in [0, 0.1) is 0 Å². The van der Waals surface area contributed by atoms with Gasteiger partial charge in [0.2, 0.25) is 5.91 Å². The molecule has 7 heteroatoms. The molecule has 1 amide bonds. The van der Waals surface area contributed by atoms with E-state index < -0.39 is 0 Å². The van der Waals surface area contributed by atoms with Gasteiger partial charge in [-0.1, -0.05) is 0 Å². The van der Waals surface area contributed by atoms with Gasteiger partial charge in [0.05, 0.1) is 18.0 Å². The highest BCUT2D eigenvalue weighted by molar-refractivity contribution is 7.18. The Morgan fingerprint density at radius 1 is 1.28 bits per heavy atom. The molecule has 6 nitrogen and oxygen atoms in total. The van der Waals surface area contributed by atoms with Crippen LogP contribution in [0.3, 0.4) is 0 Å². The van der Waals surface area contributed by atoms with Crippen molar-refractivity contribution >= 4 is 27.5 Å². The lowest BCUT2D eigenvalue weighted by atomic mass is 10.2. The van der Waals surface area contributed by atoms with E-state index in [9.17, 15) is 9.59 Å². The Kier molecular flexibility index (Phi) is 3.67. The minimum absolute atomic E-state index is 0.0161. The van der Waals surface area contributed by atoms with Gasteiger partial charge in [0.1, 0.15) is 10.7 Å². The van der Waals surface area contributed by atoms with E-state index >= 15 is 0 Å². The Morgan fingerprint density at radius 3 is 3.00 bits per heavy atom. The Bertz CT molecular complexity index is 898. The second kappa shape index (κ2) is 5.92. The van der Waals surface area contributed by atoms with Gasteiger partial charge in [-0.3, -0.25) is 14.5 Å². The summed E-state index contributed by atoms with van der Waals surface area (Å²) in [5.74, 6) is 0.821. The topological polar surface area (TPSA) is 78.1 Å². The number of rotatable bonds is 4. The molecule has 5 rings (SSSR count). The molecule has 2 N–H and O–H groups in total. The molecular weight excluding hydrogens is 336 g/mol. The summed E-state index contributed by atoms with van der Waals surface area (Å²) < 4.78 is 0. The van der Waals surface area contributed by atoms with Crippen molar-refractivity contribution in [3.63, 3.8) is 0 Å². The zero-order valence-corrected chi connectivity index (χ0v) is 15.0. The summed E-state index contributed by atoms with van der Waals surface area (Å²) in [7, 11) is 0. The van der Waals surface area contributed by atoms with Gasteiger partial charge in [0.15, 0.2) is 0 Å². The van der Waals surface area contributed by atoms with Gasteiger partial charge < -0.3 is 10.3 Å². The van der Waals surface area contributed by atoms with E-state index in [4.69, 9.17) is 4.98 Å². The molecule has 2 aromatic heterocycles. The number of fused-ring (bicyclic) bond motifs is 3. The molecule has 132 valence electrons. The van der Waals surface area contributed by atoms with Crippen molar-refractivity contribution in [2.24, 2.45) is 0 Å². The number of nitrogens with one attached hydrogen (secondary N) is 2. The number of aryl methyl sites for hydroxylation is 2. The lowest BCUT2D eigenvalue weighted by molar-refractivity contribution is -0.125. The number of hydrogen-bond acceptors (Lipinski definition) is 5. The summed E-state index contributed by atoms with van der Waals surface area (Å²) in [6.07, 6.45) is 7.32. The maximum absolute atomic E-state index is 12.6. The molecule has 0 spiro atoms. The molecule has 0 radical (unpaired) electrons. The van der Waals surface area contributed by atoms with Gasteiger partial charge in [-0.2, -0.15) is 0 Å². The van der Waals surface area contributed by atoms with Crippen LogP contribution in [-0.2, 0) is 24.2 Å². The summed E-state index contributed by atoms with van der Waals surface area (Å²) in [5, 5.41) is 3.90. The van der Waals surface area contributed by atoms with Crippen LogP contribution in [0.5, 0.6) is 0 Å². The molecule has 2 aliphatic carbocycles. The van der Waals surface area contributed by atoms with E-state index in [2.05, 4.69) is 15.2 Å². The fraction of sp³-hybridized carbons (Fsp3) is 0.611. The quantitative estimate of drug-likeness (QED) is 0.872. The minimum Gasteiger partial charge on any atom is -0.352 e. The summed E-state index contributed by atoms with van der Waals surface area (Å²) in [6, 6.07) is 0.299. The lowest BCUT2D eigenvalue weighted by Crippen LogP contribution is -2.44. The first-order valence-electron chi connectivity index (χ1n) is 9.27. The second-order valence-electron chi connectivity index (χ2n) is 7.46.